The molecule has 7 aliphatic rings. The van der Waals surface area contributed by atoms with Gasteiger partial charge in [-0.25, -0.2) is 0 Å². The van der Waals surface area contributed by atoms with E-state index in [0.29, 0.717) is 11.8 Å². The molecule has 1 aromatic carbocycles. The maximum atomic E-state index is 4.17. The van der Waals surface area contributed by atoms with Gasteiger partial charge in [0, 0.05) is 17.2 Å². The van der Waals surface area contributed by atoms with Crippen molar-refractivity contribution in [3.63, 3.8) is 0 Å². The third kappa shape index (κ3) is 3.27. The Hall–Kier alpha value is -3.58. The highest BCUT2D eigenvalue weighted by molar-refractivity contribution is 5.93. The summed E-state index contributed by atoms with van der Waals surface area (Å²) < 4.78 is 0. The lowest BCUT2D eigenvalue weighted by Gasteiger charge is -2.42. The van der Waals surface area contributed by atoms with Crippen molar-refractivity contribution in [3.05, 3.63) is 147 Å². The average molecular weight is 522 g/mol. The van der Waals surface area contributed by atoms with Gasteiger partial charge in [0.1, 0.15) is 0 Å². The summed E-state index contributed by atoms with van der Waals surface area (Å²) in [6.07, 6.45) is 34.5. The van der Waals surface area contributed by atoms with Gasteiger partial charge in [-0.3, -0.25) is 0 Å². The highest BCUT2D eigenvalue weighted by Gasteiger charge is 2.56. The third-order valence-electron chi connectivity index (χ3n) is 10.5. The Bertz CT molecular complexity index is 1620. The summed E-state index contributed by atoms with van der Waals surface area (Å²) in [5, 5.41) is 4.17. The maximum absolute atomic E-state index is 4.17. The molecule has 4 unspecified atom stereocenters. The SMILES string of the molecule is CC1CC=CC(C2=CCCC=C2)=C1NC1C=CC2=C(C1C)C1(C3=C2CCC=C3)C2=C(C=CCC2)c2ccccc21. The Kier molecular flexibility index (Phi) is 5.59. The minimum atomic E-state index is -0.119. The van der Waals surface area contributed by atoms with Crippen molar-refractivity contribution in [2.45, 2.75) is 70.3 Å². The quantitative estimate of drug-likeness (QED) is 0.418. The fourth-order valence-corrected chi connectivity index (χ4v) is 8.76. The minimum absolute atomic E-state index is 0.119. The van der Waals surface area contributed by atoms with Crippen LogP contribution in [0.1, 0.15) is 69.9 Å². The molecule has 0 saturated heterocycles. The second-order valence-corrected chi connectivity index (χ2v) is 12.6. The van der Waals surface area contributed by atoms with Crippen molar-refractivity contribution in [1.29, 1.82) is 0 Å². The molecule has 0 aromatic heterocycles. The molecular weight excluding hydrogens is 482 g/mol. The van der Waals surface area contributed by atoms with Crippen LogP contribution < -0.4 is 5.32 Å². The molecule has 7 aliphatic carbocycles. The van der Waals surface area contributed by atoms with E-state index in [1.807, 2.05) is 0 Å². The third-order valence-corrected chi connectivity index (χ3v) is 10.5. The Morgan fingerprint density at radius 2 is 1.60 bits per heavy atom. The molecular formula is C39H39N. The first kappa shape index (κ1) is 24.2. The number of hydrogen-bond donors (Lipinski definition) is 1. The second-order valence-electron chi connectivity index (χ2n) is 12.6. The lowest BCUT2D eigenvalue weighted by Crippen LogP contribution is -2.43. The van der Waals surface area contributed by atoms with E-state index in [4.69, 9.17) is 0 Å². The largest absolute Gasteiger partial charge is 0.381 e. The highest BCUT2D eigenvalue weighted by atomic mass is 14.9. The van der Waals surface area contributed by atoms with E-state index in [2.05, 4.69) is 110 Å². The first-order valence-electron chi connectivity index (χ1n) is 15.6. The van der Waals surface area contributed by atoms with E-state index in [0.717, 1.165) is 44.9 Å². The van der Waals surface area contributed by atoms with Gasteiger partial charge in [0.2, 0.25) is 0 Å². The van der Waals surface area contributed by atoms with Crippen LogP contribution in [-0.4, -0.2) is 6.04 Å². The van der Waals surface area contributed by atoms with Crippen molar-refractivity contribution in [2.75, 3.05) is 0 Å². The van der Waals surface area contributed by atoms with Crippen molar-refractivity contribution in [1.82, 2.24) is 5.32 Å². The van der Waals surface area contributed by atoms with Crippen molar-refractivity contribution in [3.8, 4) is 0 Å². The molecule has 0 amide bonds. The predicted octanol–water partition coefficient (Wildman–Crippen LogP) is 9.29. The molecule has 4 atom stereocenters. The van der Waals surface area contributed by atoms with Crippen LogP contribution in [0.25, 0.3) is 5.57 Å². The van der Waals surface area contributed by atoms with Gasteiger partial charge in [0.25, 0.3) is 0 Å². The van der Waals surface area contributed by atoms with Crippen LogP contribution in [0, 0.1) is 11.8 Å². The van der Waals surface area contributed by atoms with Gasteiger partial charge >= 0.3 is 0 Å². The van der Waals surface area contributed by atoms with E-state index in [1.54, 1.807) is 22.3 Å². The van der Waals surface area contributed by atoms with Gasteiger partial charge in [-0.15, -0.1) is 0 Å². The Morgan fingerprint density at radius 1 is 0.775 bits per heavy atom. The van der Waals surface area contributed by atoms with E-state index in [-0.39, 0.29) is 11.5 Å². The maximum Gasteiger partial charge on any atom is 0.0651 e. The fourth-order valence-electron chi connectivity index (χ4n) is 8.76. The highest BCUT2D eigenvalue weighted by Crippen LogP contribution is 2.65. The molecule has 0 fully saturated rings. The zero-order chi connectivity index (χ0) is 26.8. The molecule has 0 saturated carbocycles. The molecule has 0 bridgehead atoms. The first-order valence-corrected chi connectivity index (χ1v) is 15.6. The van der Waals surface area contributed by atoms with Crippen LogP contribution in [0.5, 0.6) is 0 Å². The molecule has 0 heterocycles. The molecule has 200 valence electrons. The zero-order valence-corrected chi connectivity index (χ0v) is 23.8. The number of nitrogens with one attached hydrogen (secondary N) is 1. The smallest absolute Gasteiger partial charge is 0.0651 e. The van der Waals surface area contributed by atoms with E-state index in [9.17, 15) is 0 Å². The lowest BCUT2D eigenvalue weighted by molar-refractivity contribution is 0.446. The van der Waals surface area contributed by atoms with Gasteiger partial charge in [-0.2, -0.15) is 0 Å². The average Bonchev–Trinajstić information content (AvgIpc) is 3.47. The second kappa shape index (κ2) is 9.23. The van der Waals surface area contributed by atoms with Crippen LogP contribution in [0.2, 0.25) is 0 Å². The number of hydrogen-bond acceptors (Lipinski definition) is 1. The minimum Gasteiger partial charge on any atom is -0.381 e. The van der Waals surface area contributed by atoms with Crippen molar-refractivity contribution >= 4 is 5.57 Å². The molecule has 40 heavy (non-hydrogen) atoms. The summed E-state index contributed by atoms with van der Waals surface area (Å²) in [4.78, 5) is 0. The molecule has 1 N–H and O–H groups in total. The Morgan fingerprint density at radius 3 is 2.50 bits per heavy atom. The summed E-state index contributed by atoms with van der Waals surface area (Å²) in [5.41, 5.74) is 16.5. The van der Waals surface area contributed by atoms with E-state index in [1.165, 1.54) is 39.1 Å². The molecule has 0 aliphatic heterocycles. The van der Waals surface area contributed by atoms with Crippen LogP contribution in [0.4, 0.5) is 0 Å². The molecule has 0 radical (unpaired) electrons. The number of allylic oxidation sites excluding steroid dienone is 18. The molecule has 1 nitrogen and oxygen atoms in total. The first-order chi connectivity index (χ1) is 19.7. The fraction of sp³-hybridized carbons (Fsp3) is 0.333. The summed E-state index contributed by atoms with van der Waals surface area (Å²) >= 11 is 0. The molecule has 1 spiro atoms. The van der Waals surface area contributed by atoms with Gasteiger partial charge in [0.05, 0.1) is 11.5 Å². The van der Waals surface area contributed by atoms with Crippen LogP contribution in [0.15, 0.2) is 136 Å². The number of rotatable bonds is 3. The summed E-state index contributed by atoms with van der Waals surface area (Å²) in [7, 11) is 0. The Labute approximate surface area is 239 Å². The van der Waals surface area contributed by atoms with E-state index >= 15 is 0 Å². The topological polar surface area (TPSA) is 12.0 Å². The number of benzene rings is 1. The van der Waals surface area contributed by atoms with Gasteiger partial charge in [-0.1, -0.05) is 105 Å². The zero-order valence-electron chi connectivity index (χ0n) is 23.8. The normalized spacial score (nSPS) is 31.6. The van der Waals surface area contributed by atoms with Crippen LogP contribution >= 0.6 is 0 Å². The van der Waals surface area contributed by atoms with Gasteiger partial charge in [-0.05, 0) is 101 Å². The van der Waals surface area contributed by atoms with E-state index < -0.39 is 0 Å². The Balaban J connectivity index is 1.27. The molecule has 1 heteroatoms. The molecule has 1 aromatic rings. The standard InChI is InChI=1S/C39H39N/c1-25-13-12-19-28(27-14-4-3-5-15-27)38(25)40-36-24-23-32-31-18-8-11-22-35(31)39(37(32)26(36)2)33-20-9-6-16-29(33)30-17-7-10-21-34(30)39/h4,6-7,9,11-12,14-17,19-20,22-26,36,40H,3,5,8,10,13,18,21H2,1-2H3. The predicted molar refractivity (Wildman–Crippen MR) is 167 cm³/mol. The summed E-state index contributed by atoms with van der Waals surface area (Å²) in [6.45, 7) is 4.89. The van der Waals surface area contributed by atoms with Gasteiger partial charge in [0.15, 0.2) is 0 Å². The van der Waals surface area contributed by atoms with Crippen LogP contribution in [-0.2, 0) is 5.41 Å². The van der Waals surface area contributed by atoms with Crippen LogP contribution in [0.3, 0.4) is 0 Å². The summed E-state index contributed by atoms with van der Waals surface area (Å²) in [6, 6.07) is 9.58. The monoisotopic (exact) mass is 521 g/mol. The number of fused-ring (bicyclic) bond motifs is 7. The van der Waals surface area contributed by atoms with Crippen molar-refractivity contribution < 1.29 is 0 Å². The lowest BCUT2D eigenvalue weighted by atomic mass is 9.62. The van der Waals surface area contributed by atoms with Crippen molar-refractivity contribution in [2.24, 2.45) is 11.8 Å². The molecule has 8 rings (SSSR count). The summed E-state index contributed by atoms with van der Waals surface area (Å²) in [5.74, 6) is 0.872. The van der Waals surface area contributed by atoms with Gasteiger partial charge < -0.3 is 5.32 Å².